The van der Waals surface area contributed by atoms with Crippen LogP contribution in [0.2, 0.25) is 0 Å². The minimum atomic E-state index is 0.000206. The van der Waals surface area contributed by atoms with Gasteiger partial charge in [0.05, 0.1) is 24.8 Å². The van der Waals surface area contributed by atoms with Crippen molar-refractivity contribution in [3.63, 3.8) is 0 Å². The summed E-state index contributed by atoms with van der Waals surface area (Å²) in [6.45, 7) is 2.44. The molecule has 1 aliphatic heterocycles. The van der Waals surface area contributed by atoms with Crippen molar-refractivity contribution < 1.29 is 9.47 Å². The molecule has 1 aromatic carbocycles. The van der Waals surface area contributed by atoms with Gasteiger partial charge in [-0.05, 0) is 31.2 Å². The minimum Gasteiger partial charge on any atom is -0.497 e. The van der Waals surface area contributed by atoms with E-state index in [4.69, 9.17) is 14.5 Å². The van der Waals surface area contributed by atoms with E-state index in [9.17, 15) is 4.79 Å². The summed E-state index contributed by atoms with van der Waals surface area (Å²) in [7, 11) is 5.42. The molecule has 1 aliphatic rings. The van der Waals surface area contributed by atoms with Gasteiger partial charge in [-0.1, -0.05) is 17.8 Å². The van der Waals surface area contributed by atoms with Crippen molar-refractivity contribution in [2.45, 2.75) is 18.1 Å². The van der Waals surface area contributed by atoms with Crippen LogP contribution in [0.25, 0.3) is 15.9 Å². The van der Waals surface area contributed by atoms with Crippen molar-refractivity contribution in [1.29, 1.82) is 0 Å². The van der Waals surface area contributed by atoms with Gasteiger partial charge in [-0.3, -0.25) is 9.36 Å². The summed E-state index contributed by atoms with van der Waals surface area (Å²) < 4.78 is 12.3. The maximum atomic E-state index is 13.6. The standard InChI is InChI=1S/C20H23N3O3S2/c1-22-8-7-15-16(12-22)28-18-17(15)19(24)23(20(21-18)27-10-9-25-2)13-5-4-6-14(11-13)26-3/h4-6,11H,7-10,12H2,1-3H3. The monoisotopic (exact) mass is 417 g/mol. The van der Waals surface area contributed by atoms with E-state index in [2.05, 4.69) is 11.9 Å². The fourth-order valence-corrected chi connectivity index (χ4v) is 5.70. The Morgan fingerprint density at radius 3 is 2.96 bits per heavy atom. The first kappa shape index (κ1) is 19.4. The number of thiophene rings is 1. The third-order valence-corrected chi connectivity index (χ3v) is 6.88. The molecule has 4 rings (SSSR count). The molecule has 0 unspecified atom stereocenters. The molecular weight excluding hydrogens is 394 g/mol. The van der Waals surface area contributed by atoms with Crippen LogP contribution in [0, 0.1) is 0 Å². The zero-order valence-corrected chi connectivity index (χ0v) is 17.9. The summed E-state index contributed by atoms with van der Waals surface area (Å²) in [4.78, 5) is 22.9. The molecular formula is C20H23N3O3S2. The highest BCUT2D eigenvalue weighted by molar-refractivity contribution is 7.99. The molecule has 0 spiro atoms. The number of nitrogens with zero attached hydrogens (tertiary/aromatic N) is 3. The second-order valence-corrected chi connectivity index (χ2v) is 8.90. The number of methoxy groups -OCH3 is 2. The van der Waals surface area contributed by atoms with E-state index in [1.165, 1.54) is 22.2 Å². The molecule has 0 saturated carbocycles. The van der Waals surface area contributed by atoms with Gasteiger partial charge in [0.25, 0.3) is 5.56 Å². The molecule has 3 aromatic rings. The Hall–Kier alpha value is -1.87. The lowest BCUT2D eigenvalue weighted by atomic mass is 10.1. The summed E-state index contributed by atoms with van der Waals surface area (Å²) in [6, 6.07) is 7.57. The van der Waals surface area contributed by atoms with Crippen molar-refractivity contribution in [3.8, 4) is 11.4 Å². The highest BCUT2D eigenvalue weighted by Gasteiger charge is 2.24. The number of benzene rings is 1. The predicted molar refractivity (Wildman–Crippen MR) is 114 cm³/mol. The first-order chi connectivity index (χ1) is 13.6. The first-order valence-electron chi connectivity index (χ1n) is 9.14. The normalized spacial score (nSPS) is 14.4. The summed E-state index contributed by atoms with van der Waals surface area (Å²) in [5.74, 6) is 1.44. The zero-order chi connectivity index (χ0) is 19.7. The largest absolute Gasteiger partial charge is 0.497 e. The molecule has 0 fully saturated rings. The Bertz CT molecular complexity index is 1060. The maximum Gasteiger partial charge on any atom is 0.267 e. The van der Waals surface area contributed by atoms with Crippen LogP contribution in [0.3, 0.4) is 0 Å². The molecule has 0 amide bonds. The van der Waals surface area contributed by atoms with Crippen LogP contribution in [0.5, 0.6) is 5.75 Å². The third kappa shape index (κ3) is 3.57. The molecule has 0 atom stereocenters. The second kappa shape index (κ2) is 8.24. The lowest BCUT2D eigenvalue weighted by Crippen LogP contribution is -2.27. The number of hydrogen-bond donors (Lipinski definition) is 0. The van der Waals surface area contributed by atoms with Crippen LogP contribution in [-0.4, -0.2) is 54.6 Å². The number of fused-ring (bicyclic) bond motifs is 3. The van der Waals surface area contributed by atoms with Crippen LogP contribution in [0.15, 0.2) is 34.2 Å². The highest BCUT2D eigenvalue weighted by Crippen LogP contribution is 2.34. The Morgan fingerprint density at radius 2 is 2.18 bits per heavy atom. The molecule has 3 heterocycles. The van der Waals surface area contributed by atoms with Crippen molar-refractivity contribution >= 4 is 33.3 Å². The average Bonchev–Trinajstić information content (AvgIpc) is 3.05. The van der Waals surface area contributed by atoms with Crippen molar-refractivity contribution in [1.82, 2.24) is 14.5 Å². The van der Waals surface area contributed by atoms with Crippen molar-refractivity contribution in [2.75, 3.05) is 40.2 Å². The fraction of sp³-hybridized carbons (Fsp3) is 0.400. The molecule has 28 heavy (non-hydrogen) atoms. The van der Waals surface area contributed by atoms with Crippen LogP contribution in [-0.2, 0) is 17.7 Å². The summed E-state index contributed by atoms with van der Waals surface area (Å²) in [6.07, 6.45) is 0.886. The van der Waals surface area contributed by atoms with Crippen LogP contribution < -0.4 is 10.3 Å². The molecule has 6 nitrogen and oxygen atoms in total. The molecule has 0 N–H and O–H groups in total. The minimum absolute atomic E-state index is 0.000206. The Labute approximate surface area is 172 Å². The van der Waals surface area contributed by atoms with E-state index >= 15 is 0 Å². The van der Waals surface area contributed by atoms with Gasteiger partial charge in [-0.25, -0.2) is 4.98 Å². The predicted octanol–water partition coefficient (Wildman–Crippen LogP) is 3.18. The SMILES string of the molecule is COCCSc1nc2sc3c(c2c(=O)n1-c1cccc(OC)c1)CCN(C)C3. The Morgan fingerprint density at radius 1 is 1.32 bits per heavy atom. The number of likely N-dealkylation sites (N-methyl/N-ethyl adjacent to an activating group) is 1. The van der Waals surface area contributed by atoms with Crippen LogP contribution >= 0.6 is 23.1 Å². The van der Waals surface area contributed by atoms with Gasteiger partial charge in [0.2, 0.25) is 0 Å². The van der Waals surface area contributed by atoms with Gasteiger partial charge in [0, 0.05) is 36.9 Å². The number of thioether (sulfide) groups is 1. The quantitative estimate of drug-likeness (QED) is 0.349. The smallest absolute Gasteiger partial charge is 0.267 e. The van der Waals surface area contributed by atoms with E-state index < -0.39 is 0 Å². The molecule has 148 valence electrons. The van der Waals surface area contributed by atoms with E-state index in [1.54, 1.807) is 30.1 Å². The van der Waals surface area contributed by atoms with E-state index in [1.807, 2.05) is 24.3 Å². The molecule has 0 saturated heterocycles. The lowest BCUT2D eigenvalue weighted by Gasteiger charge is -2.21. The summed E-state index contributed by atoms with van der Waals surface area (Å²) in [5, 5.41) is 1.46. The van der Waals surface area contributed by atoms with Crippen LogP contribution in [0.4, 0.5) is 0 Å². The topological polar surface area (TPSA) is 56.6 Å². The van der Waals surface area contributed by atoms with Gasteiger partial charge in [0.1, 0.15) is 10.6 Å². The zero-order valence-electron chi connectivity index (χ0n) is 16.2. The maximum absolute atomic E-state index is 13.6. The second-order valence-electron chi connectivity index (χ2n) is 6.75. The van der Waals surface area contributed by atoms with Gasteiger partial charge in [0.15, 0.2) is 5.16 Å². The van der Waals surface area contributed by atoms with Crippen molar-refractivity contribution in [3.05, 3.63) is 45.1 Å². The molecule has 0 aliphatic carbocycles. The van der Waals surface area contributed by atoms with Crippen LogP contribution in [0.1, 0.15) is 10.4 Å². The molecule has 8 heteroatoms. The number of aromatic nitrogens is 2. The Balaban J connectivity index is 1.92. The number of ether oxygens (including phenoxy) is 2. The van der Waals surface area contributed by atoms with Gasteiger partial charge in [-0.2, -0.15) is 0 Å². The fourth-order valence-electron chi connectivity index (χ4n) is 3.44. The summed E-state index contributed by atoms with van der Waals surface area (Å²) in [5.41, 5.74) is 1.94. The number of hydrogen-bond acceptors (Lipinski definition) is 7. The third-order valence-electron chi connectivity index (χ3n) is 4.86. The number of rotatable bonds is 6. The van der Waals surface area contributed by atoms with E-state index in [0.29, 0.717) is 17.5 Å². The molecule has 2 aromatic heterocycles. The van der Waals surface area contributed by atoms with Gasteiger partial charge < -0.3 is 14.4 Å². The summed E-state index contributed by atoms with van der Waals surface area (Å²) >= 11 is 3.18. The Kier molecular flexibility index (Phi) is 5.73. The first-order valence-corrected chi connectivity index (χ1v) is 10.9. The highest BCUT2D eigenvalue weighted by atomic mass is 32.2. The van der Waals surface area contributed by atoms with E-state index in [-0.39, 0.29) is 5.56 Å². The van der Waals surface area contributed by atoms with E-state index in [0.717, 1.165) is 41.2 Å². The molecule has 0 radical (unpaired) electrons. The van der Waals surface area contributed by atoms with Gasteiger partial charge >= 0.3 is 0 Å². The van der Waals surface area contributed by atoms with Gasteiger partial charge in [-0.15, -0.1) is 11.3 Å². The average molecular weight is 418 g/mol. The lowest BCUT2D eigenvalue weighted by molar-refractivity contribution is 0.218. The van der Waals surface area contributed by atoms with Crippen molar-refractivity contribution in [2.24, 2.45) is 0 Å². The molecule has 0 bridgehead atoms.